The van der Waals surface area contributed by atoms with Crippen molar-refractivity contribution in [3.8, 4) is 11.6 Å². The van der Waals surface area contributed by atoms with E-state index in [9.17, 15) is 0 Å². The Morgan fingerprint density at radius 3 is 2.82 bits per heavy atom. The standard InChI is InChI=1S/C12H15N3O2/c1-16-6-4-13-7-10-8-14-12(15-9-10)11-3-2-5-17-11/h2-3,5,8-9,13H,4,6-7H2,1H3. The van der Waals surface area contributed by atoms with Gasteiger partial charge in [-0.3, -0.25) is 0 Å². The first-order valence-electron chi connectivity index (χ1n) is 5.44. The molecular formula is C12H15N3O2. The van der Waals surface area contributed by atoms with Crippen molar-refractivity contribution < 1.29 is 9.15 Å². The maximum Gasteiger partial charge on any atom is 0.195 e. The van der Waals surface area contributed by atoms with E-state index in [-0.39, 0.29) is 0 Å². The monoisotopic (exact) mass is 233 g/mol. The molecular weight excluding hydrogens is 218 g/mol. The van der Waals surface area contributed by atoms with Crippen LogP contribution in [-0.2, 0) is 11.3 Å². The third-order valence-corrected chi connectivity index (χ3v) is 2.26. The quantitative estimate of drug-likeness (QED) is 0.766. The van der Waals surface area contributed by atoms with Crippen LogP contribution in [0.5, 0.6) is 0 Å². The highest BCUT2D eigenvalue weighted by molar-refractivity contribution is 5.45. The number of aromatic nitrogens is 2. The van der Waals surface area contributed by atoms with Gasteiger partial charge in [0.15, 0.2) is 11.6 Å². The summed E-state index contributed by atoms with van der Waals surface area (Å²) in [6.45, 7) is 2.25. The normalized spacial score (nSPS) is 10.6. The van der Waals surface area contributed by atoms with E-state index in [1.54, 1.807) is 25.8 Å². The molecule has 0 radical (unpaired) electrons. The maximum atomic E-state index is 5.22. The second-order valence-electron chi connectivity index (χ2n) is 3.56. The van der Waals surface area contributed by atoms with E-state index < -0.39 is 0 Å². The number of nitrogens with zero attached hydrogens (tertiary/aromatic N) is 2. The van der Waals surface area contributed by atoms with E-state index >= 15 is 0 Å². The lowest BCUT2D eigenvalue weighted by Gasteiger charge is -2.03. The van der Waals surface area contributed by atoms with Crippen molar-refractivity contribution in [3.05, 3.63) is 36.4 Å². The Labute approximate surface area is 99.8 Å². The molecule has 0 fully saturated rings. The molecule has 2 heterocycles. The van der Waals surface area contributed by atoms with Gasteiger partial charge in [-0.15, -0.1) is 0 Å². The predicted molar refractivity (Wildman–Crippen MR) is 63.3 cm³/mol. The van der Waals surface area contributed by atoms with Gasteiger partial charge in [0.25, 0.3) is 0 Å². The Hall–Kier alpha value is -1.72. The fraction of sp³-hybridized carbons (Fsp3) is 0.333. The summed E-state index contributed by atoms with van der Waals surface area (Å²) in [6.07, 6.45) is 5.20. The van der Waals surface area contributed by atoms with Crippen molar-refractivity contribution in [2.24, 2.45) is 0 Å². The number of nitrogens with one attached hydrogen (secondary N) is 1. The zero-order valence-corrected chi connectivity index (χ0v) is 9.72. The molecule has 0 aliphatic carbocycles. The van der Waals surface area contributed by atoms with E-state index in [1.807, 2.05) is 12.1 Å². The summed E-state index contributed by atoms with van der Waals surface area (Å²) in [4.78, 5) is 8.49. The minimum Gasteiger partial charge on any atom is -0.461 e. The Morgan fingerprint density at radius 1 is 1.35 bits per heavy atom. The smallest absolute Gasteiger partial charge is 0.195 e. The molecule has 0 aromatic carbocycles. The molecule has 0 aliphatic rings. The SMILES string of the molecule is COCCNCc1cnc(-c2ccco2)nc1. The van der Waals surface area contributed by atoms with E-state index in [4.69, 9.17) is 9.15 Å². The van der Waals surface area contributed by atoms with Crippen LogP contribution < -0.4 is 5.32 Å². The van der Waals surface area contributed by atoms with Crippen LogP contribution in [-0.4, -0.2) is 30.2 Å². The second kappa shape index (κ2) is 6.12. The van der Waals surface area contributed by atoms with Crippen LogP contribution in [0.25, 0.3) is 11.6 Å². The predicted octanol–water partition coefficient (Wildman–Crippen LogP) is 1.47. The van der Waals surface area contributed by atoms with Gasteiger partial charge in [0.05, 0.1) is 12.9 Å². The number of ether oxygens (including phenoxy) is 1. The van der Waals surface area contributed by atoms with Gasteiger partial charge in [0.2, 0.25) is 0 Å². The van der Waals surface area contributed by atoms with Crippen LogP contribution in [0.4, 0.5) is 0 Å². The van der Waals surface area contributed by atoms with Crippen molar-refractivity contribution in [1.82, 2.24) is 15.3 Å². The third kappa shape index (κ3) is 3.37. The van der Waals surface area contributed by atoms with Crippen LogP contribution in [0.3, 0.4) is 0 Å². The van der Waals surface area contributed by atoms with Gasteiger partial charge in [-0.05, 0) is 12.1 Å². The van der Waals surface area contributed by atoms with Crippen LogP contribution in [0.1, 0.15) is 5.56 Å². The average molecular weight is 233 g/mol. The fourth-order valence-corrected chi connectivity index (χ4v) is 1.39. The first kappa shape index (κ1) is 11.8. The molecule has 2 aromatic heterocycles. The molecule has 0 saturated heterocycles. The van der Waals surface area contributed by atoms with Crippen molar-refractivity contribution in [2.75, 3.05) is 20.3 Å². The minimum atomic E-state index is 0.607. The highest BCUT2D eigenvalue weighted by Gasteiger charge is 2.03. The number of rotatable bonds is 6. The van der Waals surface area contributed by atoms with E-state index in [2.05, 4.69) is 15.3 Å². The second-order valence-corrected chi connectivity index (χ2v) is 3.56. The molecule has 0 bridgehead atoms. The summed E-state index contributed by atoms with van der Waals surface area (Å²) < 4.78 is 10.2. The summed E-state index contributed by atoms with van der Waals surface area (Å²) >= 11 is 0. The number of methoxy groups -OCH3 is 1. The Kier molecular flexibility index (Phi) is 4.23. The highest BCUT2D eigenvalue weighted by atomic mass is 16.5. The summed E-state index contributed by atoms with van der Waals surface area (Å²) in [5, 5.41) is 3.23. The lowest BCUT2D eigenvalue weighted by molar-refractivity contribution is 0.199. The van der Waals surface area contributed by atoms with Crippen LogP contribution >= 0.6 is 0 Å². The molecule has 5 heteroatoms. The summed E-state index contributed by atoms with van der Waals surface area (Å²) in [6, 6.07) is 3.66. The molecule has 0 aliphatic heterocycles. The van der Waals surface area contributed by atoms with Gasteiger partial charge < -0.3 is 14.5 Å². The molecule has 2 aromatic rings. The van der Waals surface area contributed by atoms with Crippen molar-refractivity contribution in [3.63, 3.8) is 0 Å². The third-order valence-electron chi connectivity index (χ3n) is 2.26. The number of hydrogen-bond donors (Lipinski definition) is 1. The summed E-state index contributed by atoms with van der Waals surface area (Å²) in [5.74, 6) is 1.29. The highest BCUT2D eigenvalue weighted by Crippen LogP contribution is 2.13. The van der Waals surface area contributed by atoms with E-state index in [0.717, 1.165) is 18.7 Å². The lowest BCUT2D eigenvalue weighted by Crippen LogP contribution is -2.18. The van der Waals surface area contributed by atoms with Crippen molar-refractivity contribution in [2.45, 2.75) is 6.54 Å². The van der Waals surface area contributed by atoms with E-state index in [1.165, 1.54) is 0 Å². The van der Waals surface area contributed by atoms with Crippen molar-refractivity contribution >= 4 is 0 Å². The Morgan fingerprint density at radius 2 is 2.18 bits per heavy atom. The number of furan rings is 1. The topological polar surface area (TPSA) is 60.2 Å². The summed E-state index contributed by atoms with van der Waals surface area (Å²) in [5.41, 5.74) is 1.04. The molecule has 2 rings (SSSR count). The molecule has 90 valence electrons. The molecule has 17 heavy (non-hydrogen) atoms. The van der Waals surface area contributed by atoms with Gasteiger partial charge in [-0.2, -0.15) is 0 Å². The Bertz CT molecular complexity index is 426. The van der Waals surface area contributed by atoms with Gasteiger partial charge in [-0.25, -0.2) is 9.97 Å². The van der Waals surface area contributed by atoms with Crippen LogP contribution in [0, 0.1) is 0 Å². The zero-order valence-electron chi connectivity index (χ0n) is 9.72. The molecule has 0 unspecified atom stereocenters. The van der Waals surface area contributed by atoms with Gasteiger partial charge in [-0.1, -0.05) is 0 Å². The first-order chi connectivity index (χ1) is 8.40. The van der Waals surface area contributed by atoms with Crippen molar-refractivity contribution in [1.29, 1.82) is 0 Å². The molecule has 5 nitrogen and oxygen atoms in total. The first-order valence-corrected chi connectivity index (χ1v) is 5.44. The Balaban J connectivity index is 1.90. The van der Waals surface area contributed by atoms with Crippen LogP contribution in [0.2, 0.25) is 0 Å². The maximum absolute atomic E-state index is 5.22. The van der Waals surface area contributed by atoms with Gasteiger partial charge >= 0.3 is 0 Å². The lowest BCUT2D eigenvalue weighted by atomic mass is 10.3. The molecule has 1 N–H and O–H groups in total. The molecule has 0 spiro atoms. The van der Waals surface area contributed by atoms with Gasteiger partial charge in [0, 0.05) is 38.2 Å². The zero-order chi connectivity index (χ0) is 11.9. The summed E-state index contributed by atoms with van der Waals surface area (Å²) in [7, 11) is 1.68. The number of hydrogen-bond acceptors (Lipinski definition) is 5. The molecule has 0 atom stereocenters. The fourth-order valence-electron chi connectivity index (χ4n) is 1.39. The van der Waals surface area contributed by atoms with Gasteiger partial charge in [0.1, 0.15) is 0 Å². The molecule has 0 saturated carbocycles. The van der Waals surface area contributed by atoms with Crippen LogP contribution in [0.15, 0.2) is 35.2 Å². The van der Waals surface area contributed by atoms with E-state index in [0.29, 0.717) is 18.2 Å². The largest absolute Gasteiger partial charge is 0.461 e. The minimum absolute atomic E-state index is 0.607. The average Bonchev–Trinajstić information content (AvgIpc) is 2.89. The molecule has 0 amide bonds.